The third-order valence-electron chi connectivity index (χ3n) is 1.76. The van der Waals surface area contributed by atoms with Crippen molar-refractivity contribution < 1.29 is 4.79 Å². The van der Waals surface area contributed by atoms with Crippen molar-refractivity contribution in [1.82, 2.24) is 0 Å². The van der Waals surface area contributed by atoms with Crippen molar-refractivity contribution in [1.29, 1.82) is 0 Å². The zero-order valence-electron chi connectivity index (χ0n) is 7.16. The molecule has 1 rings (SSSR count). The van der Waals surface area contributed by atoms with Crippen LogP contribution >= 0.6 is 0 Å². The Hall–Kier alpha value is -1.31. The Labute approximate surface area is 72.8 Å². The van der Waals surface area contributed by atoms with E-state index in [1.807, 2.05) is 48.4 Å². The molecule has 0 fully saturated rings. The highest BCUT2D eigenvalue weighted by Crippen LogP contribution is 2.11. The standard InChI is InChI=1S/C10H12NO/c1-2-11(8-9-12)10-6-4-3-5-7-10/h3-7H,2,8H2,1H3. The van der Waals surface area contributed by atoms with Gasteiger partial charge in [0.1, 0.15) is 0 Å². The van der Waals surface area contributed by atoms with Crippen molar-refractivity contribution in [2.45, 2.75) is 6.92 Å². The van der Waals surface area contributed by atoms with E-state index in [4.69, 9.17) is 0 Å². The fourth-order valence-corrected chi connectivity index (χ4v) is 1.10. The van der Waals surface area contributed by atoms with Crippen molar-refractivity contribution in [3.05, 3.63) is 30.3 Å². The summed E-state index contributed by atoms with van der Waals surface area (Å²) in [6.45, 7) is 3.20. The highest BCUT2D eigenvalue weighted by molar-refractivity contribution is 5.61. The lowest BCUT2D eigenvalue weighted by Crippen LogP contribution is -2.24. The Balaban J connectivity index is 2.72. The van der Waals surface area contributed by atoms with E-state index in [1.165, 1.54) is 0 Å². The minimum atomic E-state index is 0.348. The molecule has 2 heteroatoms. The van der Waals surface area contributed by atoms with Crippen LogP contribution in [0, 0.1) is 0 Å². The number of para-hydroxylation sites is 1. The van der Waals surface area contributed by atoms with Gasteiger partial charge in [-0.15, -0.1) is 0 Å². The Bertz CT molecular complexity index is 233. The van der Waals surface area contributed by atoms with Gasteiger partial charge in [-0.1, -0.05) is 18.2 Å². The zero-order chi connectivity index (χ0) is 8.81. The van der Waals surface area contributed by atoms with E-state index in [0.717, 1.165) is 12.2 Å². The van der Waals surface area contributed by atoms with E-state index < -0.39 is 0 Å². The Kier molecular flexibility index (Phi) is 3.33. The second-order valence-electron chi connectivity index (χ2n) is 2.49. The summed E-state index contributed by atoms with van der Waals surface area (Å²) in [6, 6.07) is 9.86. The molecule has 63 valence electrons. The second-order valence-corrected chi connectivity index (χ2v) is 2.49. The second kappa shape index (κ2) is 4.54. The molecule has 2 nitrogen and oxygen atoms in total. The smallest absolute Gasteiger partial charge is 0.219 e. The summed E-state index contributed by atoms with van der Waals surface area (Å²) in [6.07, 6.45) is 1.89. The van der Waals surface area contributed by atoms with Crippen LogP contribution in [0.5, 0.6) is 0 Å². The van der Waals surface area contributed by atoms with Gasteiger partial charge >= 0.3 is 0 Å². The molecule has 0 spiro atoms. The number of anilines is 1. The van der Waals surface area contributed by atoms with Crippen LogP contribution in [0.3, 0.4) is 0 Å². The lowest BCUT2D eigenvalue weighted by Gasteiger charge is -2.19. The highest BCUT2D eigenvalue weighted by Gasteiger charge is 2.00. The molecule has 0 aliphatic carbocycles. The molecule has 1 aromatic rings. The van der Waals surface area contributed by atoms with E-state index in [1.54, 1.807) is 0 Å². The summed E-state index contributed by atoms with van der Waals surface area (Å²) in [7, 11) is 0. The lowest BCUT2D eigenvalue weighted by atomic mass is 10.3. The SMILES string of the molecule is CCN(C[C]=O)c1ccccc1. The predicted molar refractivity (Wildman–Crippen MR) is 50.0 cm³/mol. The summed E-state index contributed by atoms with van der Waals surface area (Å²) in [5.74, 6) is 0. The molecule has 0 saturated heterocycles. The molecule has 1 aromatic carbocycles. The first-order valence-corrected chi connectivity index (χ1v) is 4.03. The minimum absolute atomic E-state index is 0.348. The van der Waals surface area contributed by atoms with Crippen LogP contribution in [0.15, 0.2) is 30.3 Å². The van der Waals surface area contributed by atoms with Gasteiger partial charge in [0.15, 0.2) is 0 Å². The number of hydrogen-bond acceptors (Lipinski definition) is 2. The van der Waals surface area contributed by atoms with Crippen LogP contribution in [0.1, 0.15) is 6.92 Å². The maximum absolute atomic E-state index is 10.2. The molecule has 0 amide bonds. The summed E-state index contributed by atoms with van der Waals surface area (Å²) in [4.78, 5) is 12.1. The zero-order valence-corrected chi connectivity index (χ0v) is 7.16. The van der Waals surface area contributed by atoms with Crippen LogP contribution in [-0.2, 0) is 4.79 Å². The molecular weight excluding hydrogens is 150 g/mol. The maximum Gasteiger partial charge on any atom is 0.219 e. The van der Waals surface area contributed by atoms with Crippen LogP contribution in [0.2, 0.25) is 0 Å². The Morgan fingerprint density at radius 1 is 1.33 bits per heavy atom. The van der Waals surface area contributed by atoms with Gasteiger partial charge in [-0.3, -0.25) is 4.79 Å². The fourth-order valence-electron chi connectivity index (χ4n) is 1.10. The number of rotatable bonds is 4. The normalized spacial score (nSPS) is 9.42. The van der Waals surface area contributed by atoms with Crippen LogP contribution in [0.25, 0.3) is 0 Å². The van der Waals surface area contributed by atoms with Gasteiger partial charge in [0.2, 0.25) is 6.29 Å². The van der Waals surface area contributed by atoms with Gasteiger partial charge in [0, 0.05) is 12.2 Å². The fraction of sp³-hybridized carbons (Fsp3) is 0.300. The number of likely N-dealkylation sites (N-methyl/N-ethyl adjacent to an activating group) is 1. The van der Waals surface area contributed by atoms with Crippen molar-refractivity contribution >= 4 is 12.0 Å². The summed E-state index contributed by atoms with van der Waals surface area (Å²) >= 11 is 0. The van der Waals surface area contributed by atoms with Crippen molar-refractivity contribution in [3.8, 4) is 0 Å². The molecule has 0 bridgehead atoms. The number of carbonyl (C=O) groups excluding carboxylic acids is 1. The third kappa shape index (κ3) is 2.09. The molecule has 0 atom stereocenters. The third-order valence-corrected chi connectivity index (χ3v) is 1.76. The van der Waals surface area contributed by atoms with Crippen molar-refractivity contribution in [2.75, 3.05) is 18.0 Å². The average Bonchev–Trinajstić information content (AvgIpc) is 2.15. The largest absolute Gasteiger partial charge is 0.364 e. The van der Waals surface area contributed by atoms with Crippen molar-refractivity contribution in [3.63, 3.8) is 0 Å². The molecule has 0 unspecified atom stereocenters. The van der Waals surface area contributed by atoms with Gasteiger partial charge in [-0.2, -0.15) is 0 Å². The molecule has 12 heavy (non-hydrogen) atoms. The lowest BCUT2D eigenvalue weighted by molar-refractivity contribution is 0.554. The molecular formula is C10H12NO. The number of nitrogens with zero attached hydrogens (tertiary/aromatic N) is 1. The van der Waals surface area contributed by atoms with Gasteiger partial charge in [-0.05, 0) is 19.1 Å². The molecule has 0 aliphatic heterocycles. The Morgan fingerprint density at radius 3 is 2.50 bits per heavy atom. The molecule has 0 saturated carbocycles. The number of benzene rings is 1. The summed E-state index contributed by atoms with van der Waals surface area (Å²) in [5, 5.41) is 0. The van der Waals surface area contributed by atoms with Crippen LogP contribution in [0.4, 0.5) is 5.69 Å². The first-order chi connectivity index (χ1) is 5.88. The monoisotopic (exact) mass is 162 g/mol. The van der Waals surface area contributed by atoms with Gasteiger partial charge in [-0.25, -0.2) is 0 Å². The summed E-state index contributed by atoms with van der Waals surface area (Å²) < 4.78 is 0. The molecule has 1 radical (unpaired) electrons. The maximum atomic E-state index is 10.2. The highest BCUT2D eigenvalue weighted by atomic mass is 16.1. The van der Waals surface area contributed by atoms with E-state index in [2.05, 4.69) is 0 Å². The first kappa shape index (κ1) is 8.78. The molecule has 0 N–H and O–H groups in total. The average molecular weight is 162 g/mol. The van der Waals surface area contributed by atoms with E-state index in [0.29, 0.717) is 6.54 Å². The predicted octanol–water partition coefficient (Wildman–Crippen LogP) is 1.62. The van der Waals surface area contributed by atoms with Gasteiger partial charge in [0.25, 0.3) is 0 Å². The van der Waals surface area contributed by atoms with E-state index in [-0.39, 0.29) is 0 Å². The van der Waals surface area contributed by atoms with E-state index in [9.17, 15) is 4.79 Å². The van der Waals surface area contributed by atoms with Gasteiger partial charge < -0.3 is 4.90 Å². The van der Waals surface area contributed by atoms with Crippen molar-refractivity contribution in [2.24, 2.45) is 0 Å². The van der Waals surface area contributed by atoms with E-state index >= 15 is 0 Å². The minimum Gasteiger partial charge on any atom is -0.364 e. The van der Waals surface area contributed by atoms with Gasteiger partial charge in [0.05, 0.1) is 6.54 Å². The first-order valence-electron chi connectivity index (χ1n) is 4.03. The van der Waals surface area contributed by atoms with Crippen LogP contribution < -0.4 is 4.90 Å². The summed E-state index contributed by atoms with van der Waals surface area (Å²) in [5.41, 5.74) is 1.07. The quantitative estimate of drug-likeness (QED) is 0.670. The van der Waals surface area contributed by atoms with Crippen LogP contribution in [-0.4, -0.2) is 19.4 Å². The molecule has 0 aliphatic rings. The molecule has 0 aromatic heterocycles. The molecule has 0 heterocycles. The Morgan fingerprint density at radius 2 is 2.00 bits per heavy atom. The number of hydrogen-bond donors (Lipinski definition) is 0. The topological polar surface area (TPSA) is 20.3 Å².